The highest BCUT2D eigenvalue weighted by molar-refractivity contribution is 5.89. The van der Waals surface area contributed by atoms with Crippen molar-refractivity contribution in [1.29, 1.82) is 0 Å². The molecule has 1 amide bonds. The summed E-state index contributed by atoms with van der Waals surface area (Å²) in [5, 5.41) is 12.8. The van der Waals surface area contributed by atoms with Gasteiger partial charge < -0.3 is 10.6 Å². The molecule has 1 aromatic heterocycles. The average molecular weight is 244 g/mol. The van der Waals surface area contributed by atoms with E-state index in [4.69, 9.17) is 0 Å². The smallest absolute Gasteiger partial charge is 0.221 e. The zero-order chi connectivity index (χ0) is 13.0. The Morgan fingerprint density at radius 2 is 2.22 bits per heavy atom. The number of rotatable bonds is 4. The Labute approximate surface area is 106 Å². The van der Waals surface area contributed by atoms with E-state index in [9.17, 15) is 4.79 Å². The fourth-order valence-electron chi connectivity index (χ4n) is 1.68. The number of H-pyrrole nitrogens is 1. The fourth-order valence-corrected chi connectivity index (χ4v) is 1.68. The van der Waals surface area contributed by atoms with Crippen LogP contribution in [0.25, 0.3) is 0 Å². The molecule has 0 atom stereocenters. The molecule has 5 heteroatoms. The number of aromatic amines is 1. The zero-order valence-corrected chi connectivity index (χ0v) is 10.4. The van der Waals surface area contributed by atoms with Gasteiger partial charge in [-0.05, 0) is 36.8 Å². The van der Waals surface area contributed by atoms with E-state index >= 15 is 0 Å². The molecule has 0 aliphatic carbocycles. The quantitative estimate of drug-likeness (QED) is 0.772. The Bertz CT molecular complexity index is 534. The van der Waals surface area contributed by atoms with E-state index in [1.165, 1.54) is 6.92 Å². The number of nitrogens with one attached hydrogen (secondary N) is 3. The van der Waals surface area contributed by atoms with Crippen molar-refractivity contribution in [2.45, 2.75) is 20.4 Å². The highest BCUT2D eigenvalue weighted by atomic mass is 16.1. The number of aromatic nitrogens is 2. The molecular formula is C13H16N4O. The third-order valence-electron chi connectivity index (χ3n) is 2.58. The monoisotopic (exact) mass is 244 g/mol. The van der Waals surface area contributed by atoms with Crippen molar-refractivity contribution in [2.75, 3.05) is 10.6 Å². The number of amides is 1. The maximum absolute atomic E-state index is 11.0. The first-order valence-electron chi connectivity index (χ1n) is 5.75. The molecule has 0 saturated heterocycles. The van der Waals surface area contributed by atoms with Crippen molar-refractivity contribution in [2.24, 2.45) is 0 Å². The first-order valence-corrected chi connectivity index (χ1v) is 5.75. The van der Waals surface area contributed by atoms with Crippen molar-refractivity contribution in [3.8, 4) is 0 Å². The molecule has 0 aliphatic heterocycles. The standard InChI is InChI=1S/C13H16N4O/c1-9-7-11(3-4-13(9)16-10(2)18)14-8-12-5-6-15-17-12/h3-7,14H,8H2,1-2H3,(H,15,17)(H,16,18). The van der Waals surface area contributed by atoms with Crippen LogP contribution < -0.4 is 10.6 Å². The van der Waals surface area contributed by atoms with E-state index in [0.29, 0.717) is 6.54 Å². The minimum absolute atomic E-state index is 0.0590. The van der Waals surface area contributed by atoms with Crippen LogP contribution >= 0.6 is 0 Å². The van der Waals surface area contributed by atoms with Gasteiger partial charge in [0.1, 0.15) is 0 Å². The van der Waals surface area contributed by atoms with E-state index in [-0.39, 0.29) is 5.91 Å². The van der Waals surface area contributed by atoms with Gasteiger partial charge in [-0.2, -0.15) is 5.10 Å². The number of carbonyl (C=O) groups excluding carboxylic acids is 1. The first kappa shape index (κ1) is 12.2. The van der Waals surface area contributed by atoms with E-state index in [1.807, 2.05) is 31.2 Å². The summed E-state index contributed by atoms with van der Waals surface area (Å²) in [6.07, 6.45) is 1.72. The number of carbonyl (C=O) groups is 1. The van der Waals surface area contributed by atoms with Crippen molar-refractivity contribution in [3.05, 3.63) is 41.7 Å². The normalized spacial score (nSPS) is 10.1. The molecule has 1 heterocycles. The van der Waals surface area contributed by atoms with Gasteiger partial charge in [0.15, 0.2) is 0 Å². The van der Waals surface area contributed by atoms with Crippen molar-refractivity contribution >= 4 is 17.3 Å². The maximum Gasteiger partial charge on any atom is 0.221 e. The summed E-state index contributed by atoms with van der Waals surface area (Å²) in [5.41, 5.74) is 3.91. The Kier molecular flexibility index (Phi) is 3.62. The topological polar surface area (TPSA) is 69.8 Å². The molecule has 18 heavy (non-hydrogen) atoms. The molecule has 94 valence electrons. The van der Waals surface area contributed by atoms with Crippen LogP contribution in [0.15, 0.2) is 30.5 Å². The van der Waals surface area contributed by atoms with Crippen LogP contribution in [0.1, 0.15) is 18.2 Å². The third-order valence-corrected chi connectivity index (χ3v) is 2.58. The van der Waals surface area contributed by atoms with Gasteiger partial charge >= 0.3 is 0 Å². The summed E-state index contributed by atoms with van der Waals surface area (Å²) in [7, 11) is 0. The molecule has 2 aromatic rings. The van der Waals surface area contributed by atoms with Gasteiger partial charge in [0.25, 0.3) is 0 Å². The lowest BCUT2D eigenvalue weighted by Gasteiger charge is -2.10. The van der Waals surface area contributed by atoms with Gasteiger partial charge in [-0.3, -0.25) is 9.89 Å². The Balaban J connectivity index is 2.02. The van der Waals surface area contributed by atoms with E-state index < -0.39 is 0 Å². The summed E-state index contributed by atoms with van der Waals surface area (Å²) >= 11 is 0. The minimum atomic E-state index is -0.0590. The Morgan fingerprint density at radius 1 is 1.39 bits per heavy atom. The van der Waals surface area contributed by atoms with Crippen molar-refractivity contribution < 1.29 is 4.79 Å². The number of hydrogen-bond acceptors (Lipinski definition) is 3. The number of hydrogen-bond donors (Lipinski definition) is 3. The van der Waals surface area contributed by atoms with Crippen LogP contribution in [0, 0.1) is 6.92 Å². The molecule has 1 aromatic carbocycles. The van der Waals surface area contributed by atoms with Gasteiger partial charge in [0.2, 0.25) is 5.91 Å². The minimum Gasteiger partial charge on any atom is -0.379 e. The average Bonchev–Trinajstić information content (AvgIpc) is 2.82. The molecule has 0 saturated carbocycles. The van der Waals surface area contributed by atoms with Crippen LogP contribution in [0.2, 0.25) is 0 Å². The zero-order valence-electron chi connectivity index (χ0n) is 10.4. The number of aryl methyl sites for hydroxylation is 1. The van der Waals surface area contributed by atoms with Gasteiger partial charge in [-0.1, -0.05) is 0 Å². The second-order valence-electron chi connectivity index (χ2n) is 4.15. The van der Waals surface area contributed by atoms with Crippen LogP contribution in [0.4, 0.5) is 11.4 Å². The third kappa shape index (κ3) is 3.10. The number of nitrogens with zero attached hydrogens (tertiary/aromatic N) is 1. The number of anilines is 2. The first-order chi connectivity index (χ1) is 8.65. The molecular weight excluding hydrogens is 228 g/mol. The van der Waals surface area contributed by atoms with E-state index in [0.717, 1.165) is 22.6 Å². The lowest BCUT2D eigenvalue weighted by molar-refractivity contribution is -0.114. The van der Waals surface area contributed by atoms with Crippen LogP contribution in [0.5, 0.6) is 0 Å². The molecule has 0 aliphatic rings. The SMILES string of the molecule is CC(=O)Nc1ccc(NCc2ccn[nH]2)cc1C. The van der Waals surface area contributed by atoms with Gasteiger partial charge in [0, 0.05) is 24.5 Å². The van der Waals surface area contributed by atoms with Crippen molar-refractivity contribution in [3.63, 3.8) is 0 Å². The number of benzene rings is 1. The molecule has 5 nitrogen and oxygen atoms in total. The van der Waals surface area contributed by atoms with E-state index in [2.05, 4.69) is 20.8 Å². The molecule has 0 spiro atoms. The largest absolute Gasteiger partial charge is 0.379 e. The maximum atomic E-state index is 11.0. The Morgan fingerprint density at radius 3 is 2.83 bits per heavy atom. The lowest BCUT2D eigenvalue weighted by Crippen LogP contribution is -2.07. The van der Waals surface area contributed by atoms with Gasteiger partial charge in [-0.15, -0.1) is 0 Å². The summed E-state index contributed by atoms with van der Waals surface area (Å²) in [6.45, 7) is 4.16. The predicted molar refractivity (Wildman–Crippen MR) is 71.4 cm³/mol. The van der Waals surface area contributed by atoms with Crippen LogP contribution in [0.3, 0.4) is 0 Å². The predicted octanol–water partition coefficient (Wildman–Crippen LogP) is 2.29. The van der Waals surface area contributed by atoms with Crippen LogP contribution in [-0.4, -0.2) is 16.1 Å². The summed E-state index contributed by atoms with van der Waals surface area (Å²) in [5.74, 6) is -0.0590. The molecule has 0 fully saturated rings. The fraction of sp³-hybridized carbons (Fsp3) is 0.231. The lowest BCUT2D eigenvalue weighted by atomic mass is 10.1. The van der Waals surface area contributed by atoms with Crippen molar-refractivity contribution in [1.82, 2.24) is 10.2 Å². The van der Waals surface area contributed by atoms with Gasteiger partial charge in [-0.25, -0.2) is 0 Å². The second kappa shape index (κ2) is 5.35. The molecule has 0 radical (unpaired) electrons. The molecule has 0 bridgehead atoms. The van der Waals surface area contributed by atoms with Crippen LogP contribution in [-0.2, 0) is 11.3 Å². The summed E-state index contributed by atoms with van der Waals surface area (Å²) in [4.78, 5) is 11.0. The van der Waals surface area contributed by atoms with E-state index in [1.54, 1.807) is 6.20 Å². The Hall–Kier alpha value is -2.30. The summed E-state index contributed by atoms with van der Waals surface area (Å²) < 4.78 is 0. The molecule has 0 unspecified atom stereocenters. The molecule has 2 rings (SSSR count). The highest BCUT2D eigenvalue weighted by Gasteiger charge is 2.02. The molecule has 3 N–H and O–H groups in total. The van der Waals surface area contributed by atoms with Gasteiger partial charge in [0.05, 0.1) is 12.2 Å². The highest BCUT2D eigenvalue weighted by Crippen LogP contribution is 2.19. The summed E-state index contributed by atoms with van der Waals surface area (Å²) in [6, 6.07) is 7.76. The second-order valence-corrected chi connectivity index (χ2v) is 4.15.